The Morgan fingerprint density at radius 1 is 0.767 bits per heavy atom. The third kappa shape index (κ3) is 4.66. The Labute approximate surface area is 175 Å². The zero-order valence-corrected chi connectivity index (χ0v) is 17.3. The Bertz CT molecular complexity index is 1160. The molecule has 3 aromatic rings. The number of nitrogens with one attached hydrogen (secondary N) is 2. The van der Waals surface area contributed by atoms with Gasteiger partial charge in [0.25, 0.3) is 21.8 Å². The van der Waals surface area contributed by atoms with Gasteiger partial charge in [-0.1, -0.05) is 42.0 Å². The van der Waals surface area contributed by atoms with Crippen molar-refractivity contribution in [1.29, 1.82) is 0 Å². The topological polar surface area (TPSA) is 95.6 Å². The summed E-state index contributed by atoms with van der Waals surface area (Å²) in [5.41, 5.74) is 6.63. The van der Waals surface area contributed by atoms with Crippen LogP contribution in [0.2, 0.25) is 0 Å². The van der Waals surface area contributed by atoms with Gasteiger partial charge in [-0.15, -0.1) is 0 Å². The predicted octanol–water partition coefficient (Wildman–Crippen LogP) is 2.89. The molecule has 0 fully saturated rings. The minimum absolute atomic E-state index is 0.0358. The van der Waals surface area contributed by atoms with E-state index >= 15 is 0 Å². The highest BCUT2D eigenvalue weighted by Gasteiger charge is 2.22. The molecule has 0 atom stereocenters. The van der Waals surface area contributed by atoms with Gasteiger partial charge in [0.1, 0.15) is 0 Å². The van der Waals surface area contributed by atoms with Crippen molar-refractivity contribution < 1.29 is 18.0 Å². The molecule has 0 aliphatic carbocycles. The molecule has 2 N–H and O–H groups in total. The molecular weight excluding hydrogens is 402 g/mol. The van der Waals surface area contributed by atoms with Gasteiger partial charge in [0.2, 0.25) is 0 Å². The SMILES string of the molecule is Cc1ccc(C(=O)NNC(=O)c2cccc(S(=O)(=O)N(C)c3ccccc3)c2)cc1. The molecule has 30 heavy (non-hydrogen) atoms. The van der Waals surface area contributed by atoms with Crippen LogP contribution < -0.4 is 15.2 Å². The summed E-state index contributed by atoms with van der Waals surface area (Å²) in [4.78, 5) is 24.5. The van der Waals surface area contributed by atoms with Crippen molar-refractivity contribution in [3.63, 3.8) is 0 Å². The lowest BCUT2D eigenvalue weighted by Crippen LogP contribution is -2.41. The first-order chi connectivity index (χ1) is 14.3. The first-order valence-corrected chi connectivity index (χ1v) is 10.5. The fourth-order valence-corrected chi connectivity index (χ4v) is 3.94. The Morgan fingerprint density at radius 3 is 2.00 bits per heavy atom. The first-order valence-electron chi connectivity index (χ1n) is 9.10. The number of anilines is 1. The second-order valence-electron chi connectivity index (χ2n) is 6.61. The fraction of sp³-hybridized carbons (Fsp3) is 0.0909. The molecule has 0 saturated heterocycles. The molecule has 3 aromatic carbocycles. The normalized spacial score (nSPS) is 10.9. The van der Waals surface area contributed by atoms with Gasteiger partial charge in [0.15, 0.2) is 0 Å². The van der Waals surface area contributed by atoms with E-state index in [0.29, 0.717) is 11.3 Å². The number of hydrazine groups is 1. The summed E-state index contributed by atoms with van der Waals surface area (Å²) in [6, 6.07) is 21.1. The average Bonchev–Trinajstić information content (AvgIpc) is 2.77. The summed E-state index contributed by atoms with van der Waals surface area (Å²) in [6.45, 7) is 1.90. The van der Waals surface area contributed by atoms with Gasteiger partial charge in [-0.2, -0.15) is 0 Å². The van der Waals surface area contributed by atoms with E-state index in [1.165, 1.54) is 31.3 Å². The van der Waals surface area contributed by atoms with Crippen LogP contribution in [-0.2, 0) is 10.0 Å². The van der Waals surface area contributed by atoms with Crippen molar-refractivity contribution in [2.24, 2.45) is 0 Å². The van der Waals surface area contributed by atoms with E-state index in [2.05, 4.69) is 10.9 Å². The van der Waals surface area contributed by atoms with Crippen LogP contribution in [0.25, 0.3) is 0 Å². The van der Waals surface area contributed by atoms with E-state index < -0.39 is 21.8 Å². The highest BCUT2D eigenvalue weighted by atomic mass is 32.2. The summed E-state index contributed by atoms with van der Waals surface area (Å²) in [5, 5.41) is 0. The molecule has 0 heterocycles. The fourth-order valence-electron chi connectivity index (χ4n) is 2.70. The quantitative estimate of drug-likeness (QED) is 0.617. The summed E-state index contributed by atoms with van der Waals surface area (Å²) < 4.78 is 27.0. The third-order valence-corrected chi connectivity index (χ3v) is 6.26. The number of sulfonamides is 1. The zero-order chi connectivity index (χ0) is 21.7. The maximum absolute atomic E-state index is 12.9. The highest BCUT2D eigenvalue weighted by Crippen LogP contribution is 2.22. The van der Waals surface area contributed by atoms with E-state index in [1.54, 1.807) is 54.6 Å². The molecule has 0 aliphatic rings. The van der Waals surface area contributed by atoms with Gasteiger partial charge in [0.05, 0.1) is 10.6 Å². The molecule has 0 unspecified atom stereocenters. The third-order valence-electron chi connectivity index (χ3n) is 4.48. The summed E-state index contributed by atoms with van der Waals surface area (Å²) in [5.74, 6) is -1.11. The molecule has 0 aliphatic heterocycles. The average molecular weight is 423 g/mol. The molecule has 0 radical (unpaired) electrons. The Hall–Kier alpha value is -3.65. The van der Waals surface area contributed by atoms with Crippen LogP contribution in [-0.4, -0.2) is 27.3 Å². The van der Waals surface area contributed by atoms with Crippen LogP contribution >= 0.6 is 0 Å². The van der Waals surface area contributed by atoms with E-state index in [4.69, 9.17) is 0 Å². The number of para-hydroxylation sites is 1. The summed E-state index contributed by atoms with van der Waals surface area (Å²) in [6.07, 6.45) is 0. The van der Waals surface area contributed by atoms with Crippen LogP contribution in [0.5, 0.6) is 0 Å². The van der Waals surface area contributed by atoms with Gasteiger partial charge in [0, 0.05) is 18.2 Å². The molecular formula is C22H21N3O4S. The lowest BCUT2D eigenvalue weighted by Gasteiger charge is -2.19. The van der Waals surface area contributed by atoms with E-state index in [0.717, 1.165) is 9.87 Å². The minimum atomic E-state index is -3.86. The number of hydrogen-bond acceptors (Lipinski definition) is 4. The lowest BCUT2D eigenvalue weighted by atomic mass is 10.1. The van der Waals surface area contributed by atoms with Crippen LogP contribution in [0.15, 0.2) is 83.8 Å². The van der Waals surface area contributed by atoms with E-state index in [9.17, 15) is 18.0 Å². The highest BCUT2D eigenvalue weighted by molar-refractivity contribution is 7.92. The predicted molar refractivity (Wildman–Crippen MR) is 115 cm³/mol. The van der Waals surface area contributed by atoms with Crippen LogP contribution in [0.3, 0.4) is 0 Å². The molecule has 0 spiro atoms. The van der Waals surface area contributed by atoms with Gasteiger partial charge < -0.3 is 0 Å². The molecule has 0 saturated carbocycles. The van der Waals surface area contributed by atoms with Crippen molar-refractivity contribution in [2.45, 2.75) is 11.8 Å². The van der Waals surface area contributed by atoms with Crippen molar-refractivity contribution in [1.82, 2.24) is 10.9 Å². The zero-order valence-electron chi connectivity index (χ0n) is 16.5. The Balaban J connectivity index is 1.73. The number of rotatable bonds is 5. The number of aryl methyl sites for hydroxylation is 1. The maximum Gasteiger partial charge on any atom is 0.269 e. The maximum atomic E-state index is 12.9. The summed E-state index contributed by atoms with van der Waals surface area (Å²) in [7, 11) is -2.42. The minimum Gasteiger partial charge on any atom is -0.269 e. The standard InChI is InChI=1S/C22H21N3O4S/c1-16-11-13-17(14-12-16)21(26)23-24-22(27)18-7-6-10-20(15-18)30(28,29)25(2)19-8-4-3-5-9-19/h3-15H,1-2H3,(H,23,26)(H,24,27). The second-order valence-corrected chi connectivity index (χ2v) is 8.58. The van der Waals surface area contributed by atoms with Crippen LogP contribution in [0, 0.1) is 6.92 Å². The number of amides is 2. The van der Waals surface area contributed by atoms with Gasteiger partial charge in [-0.25, -0.2) is 8.42 Å². The molecule has 3 rings (SSSR count). The van der Waals surface area contributed by atoms with Gasteiger partial charge in [-0.05, 0) is 49.4 Å². The first kappa shape index (κ1) is 21.1. The van der Waals surface area contributed by atoms with Crippen molar-refractivity contribution in [3.05, 3.63) is 95.6 Å². The molecule has 154 valence electrons. The van der Waals surface area contributed by atoms with E-state index in [1.807, 2.05) is 6.92 Å². The lowest BCUT2D eigenvalue weighted by molar-refractivity contribution is 0.0846. The largest absolute Gasteiger partial charge is 0.269 e. The van der Waals surface area contributed by atoms with E-state index in [-0.39, 0.29) is 10.5 Å². The Kier molecular flexibility index (Phi) is 6.17. The molecule has 0 aromatic heterocycles. The molecule has 8 heteroatoms. The number of nitrogens with zero attached hydrogens (tertiary/aromatic N) is 1. The monoisotopic (exact) mass is 423 g/mol. The van der Waals surface area contributed by atoms with Crippen LogP contribution in [0.4, 0.5) is 5.69 Å². The van der Waals surface area contributed by atoms with Crippen molar-refractivity contribution >= 4 is 27.5 Å². The second kappa shape index (κ2) is 8.79. The van der Waals surface area contributed by atoms with Crippen LogP contribution in [0.1, 0.15) is 26.3 Å². The summed E-state index contributed by atoms with van der Waals surface area (Å²) >= 11 is 0. The molecule has 7 nitrogen and oxygen atoms in total. The molecule has 2 amide bonds. The Morgan fingerprint density at radius 2 is 1.37 bits per heavy atom. The van der Waals surface area contributed by atoms with Crippen molar-refractivity contribution in [3.8, 4) is 0 Å². The number of benzene rings is 3. The molecule has 0 bridgehead atoms. The number of hydrogen-bond donors (Lipinski definition) is 2. The number of carbonyl (C=O) groups excluding carboxylic acids is 2. The smallest absolute Gasteiger partial charge is 0.269 e. The van der Waals surface area contributed by atoms with Gasteiger partial charge >= 0.3 is 0 Å². The number of carbonyl (C=O) groups is 2. The van der Waals surface area contributed by atoms with Gasteiger partial charge in [-0.3, -0.25) is 24.7 Å². The van der Waals surface area contributed by atoms with Crippen molar-refractivity contribution in [2.75, 3.05) is 11.4 Å².